The maximum Gasteiger partial charge on any atom is 0.272 e. The van der Waals surface area contributed by atoms with Crippen molar-refractivity contribution in [2.24, 2.45) is 0 Å². The fourth-order valence-electron chi connectivity index (χ4n) is 3.02. The zero-order valence-electron chi connectivity index (χ0n) is 16.1. The number of piperazine rings is 1. The molecule has 144 valence electrons. The fraction of sp³-hybridized carbons (Fsp3) is 0.400. The van der Waals surface area contributed by atoms with Crippen molar-refractivity contribution in [3.8, 4) is 11.5 Å². The number of aromatic nitrogens is 1. The summed E-state index contributed by atoms with van der Waals surface area (Å²) in [5, 5.41) is 3.34. The number of rotatable bonds is 6. The van der Waals surface area contributed by atoms with Gasteiger partial charge in [0.1, 0.15) is 5.69 Å². The molecule has 0 atom stereocenters. The molecule has 3 rings (SSSR count). The van der Waals surface area contributed by atoms with Crippen LogP contribution < -0.4 is 14.8 Å². The number of likely N-dealkylation sites (N-methyl/N-ethyl adjacent to an activating group) is 1. The van der Waals surface area contributed by atoms with Crippen LogP contribution in [0.1, 0.15) is 16.1 Å². The maximum atomic E-state index is 12.7. The summed E-state index contributed by atoms with van der Waals surface area (Å²) in [4.78, 5) is 21.0. The summed E-state index contributed by atoms with van der Waals surface area (Å²) in [5.41, 5.74) is 2.38. The molecule has 0 spiro atoms. The molecule has 7 nitrogen and oxygen atoms in total. The molecule has 0 aliphatic carbocycles. The van der Waals surface area contributed by atoms with Gasteiger partial charge < -0.3 is 24.6 Å². The topological polar surface area (TPSA) is 66.9 Å². The second-order valence-corrected chi connectivity index (χ2v) is 6.57. The fourth-order valence-corrected chi connectivity index (χ4v) is 3.02. The number of pyridine rings is 1. The lowest BCUT2D eigenvalue weighted by atomic mass is 10.2. The molecule has 1 aromatic carbocycles. The number of carbonyl (C=O) groups is 1. The lowest BCUT2D eigenvalue weighted by molar-refractivity contribution is 0.0658. The summed E-state index contributed by atoms with van der Waals surface area (Å²) < 4.78 is 10.6. The first-order chi connectivity index (χ1) is 13.1. The third kappa shape index (κ3) is 4.68. The molecule has 0 bridgehead atoms. The Labute approximate surface area is 159 Å². The Morgan fingerprint density at radius 1 is 1.07 bits per heavy atom. The molecular weight excluding hydrogens is 344 g/mol. The van der Waals surface area contributed by atoms with Gasteiger partial charge in [-0.2, -0.15) is 0 Å². The molecule has 1 amide bonds. The van der Waals surface area contributed by atoms with Gasteiger partial charge in [0.25, 0.3) is 5.91 Å². The highest BCUT2D eigenvalue weighted by Gasteiger charge is 2.21. The van der Waals surface area contributed by atoms with Crippen LogP contribution in [0.5, 0.6) is 11.5 Å². The highest BCUT2D eigenvalue weighted by atomic mass is 16.5. The van der Waals surface area contributed by atoms with Crippen LogP contribution in [0.2, 0.25) is 0 Å². The number of anilines is 1. The highest BCUT2D eigenvalue weighted by molar-refractivity contribution is 5.93. The predicted molar refractivity (Wildman–Crippen MR) is 105 cm³/mol. The van der Waals surface area contributed by atoms with Crippen molar-refractivity contribution in [1.29, 1.82) is 0 Å². The molecule has 7 heteroatoms. The van der Waals surface area contributed by atoms with E-state index in [4.69, 9.17) is 9.47 Å². The quantitative estimate of drug-likeness (QED) is 0.840. The van der Waals surface area contributed by atoms with Gasteiger partial charge in [-0.3, -0.25) is 9.78 Å². The zero-order chi connectivity index (χ0) is 19.2. The van der Waals surface area contributed by atoms with Gasteiger partial charge in [-0.05, 0) is 36.9 Å². The summed E-state index contributed by atoms with van der Waals surface area (Å²) in [6.07, 6.45) is 1.67. The van der Waals surface area contributed by atoms with Gasteiger partial charge >= 0.3 is 0 Å². The van der Waals surface area contributed by atoms with Gasteiger partial charge in [0.15, 0.2) is 11.5 Å². The van der Waals surface area contributed by atoms with Crippen LogP contribution in [0.15, 0.2) is 36.5 Å². The number of nitrogens with zero attached hydrogens (tertiary/aromatic N) is 3. The van der Waals surface area contributed by atoms with Crippen LogP contribution in [-0.4, -0.2) is 68.1 Å². The van der Waals surface area contributed by atoms with Crippen molar-refractivity contribution in [3.05, 3.63) is 47.8 Å². The SMILES string of the molecule is COc1ccc(CNc2ccnc(C(=O)N3CCN(C)CC3)c2)cc1OC. The number of carbonyl (C=O) groups excluding carboxylic acids is 1. The van der Waals surface area contributed by atoms with Crippen LogP contribution in [0.25, 0.3) is 0 Å². The minimum Gasteiger partial charge on any atom is -0.493 e. The van der Waals surface area contributed by atoms with Crippen molar-refractivity contribution >= 4 is 11.6 Å². The summed E-state index contributed by atoms with van der Waals surface area (Å²) in [6.45, 7) is 3.86. The lowest BCUT2D eigenvalue weighted by Gasteiger charge is -2.32. The van der Waals surface area contributed by atoms with Crippen LogP contribution in [-0.2, 0) is 6.54 Å². The molecule has 0 unspecified atom stereocenters. The smallest absolute Gasteiger partial charge is 0.272 e. The predicted octanol–water partition coefficient (Wildman–Crippen LogP) is 2.10. The van der Waals surface area contributed by atoms with Gasteiger partial charge in [-0.25, -0.2) is 0 Å². The average molecular weight is 370 g/mol. The largest absolute Gasteiger partial charge is 0.493 e. The second kappa shape index (κ2) is 8.73. The second-order valence-electron chi connectivity index (χ2n) is 6.57. The van der Waals surface area contributed by atoms with E-state index in [1.807, 2.05) is 29.2 Å². The third-order valence-corrected chi connectivity index (χ3v) is 4.71. The Morgan fingerprint density at radius 3 is 2.52 bits per heavy atom. The first-order valence-electron chi connectivity index (χ1n) is 8.99. The van der Waals surface area contributed by atoms with E-state index in [0.717, 1.165) is 37.4 Å². The van der Waals surface area contributed by atoms with E-state index in [2.05, 4.69) is 22.2 Å². The first-order valence-corrected chi connectivity index (χ1v) is 8.99. The van der Waals surface area contributed by atoms with Crippen molar-refractivity contribution in [1.82, 2.24) is 14.8 Å². The van der Waals surface area contributed by atoms with E-state index in [1.165, 1.54) is 0 Å². The minimum atomic E-state index is -0.0159. The Morgan fingerprint density at radius 2 is 1.81 bits per heavy atom. The summed E-state index contributed by atoms with van der Waals surface area (Å²) in [7, 11) is 5.30. The average Bonchev–Trinajstić information content (AvgIpc) is 2.72. The molecule has 1 aliphatic rings. The highest BCUT2D eigenvalue weighted by Crippen LogP contribution is 2.27. The van der Waals surface area contributed by atoms with E-state index in [-0.39, 0.29) is 5.91 Å². The number of amides is 1. The van der Waals surface area contributed by atoms with Crippen molar-refractivity contribution in [2.75, 3.05) is 52.8 Å². The Kier molecular flexibility index (Phi) is 6.13. The van der Waals surface area contributed by atoms with Crippen molar-refractivity contribution in [3.63, 3.8) is 0 Å². The van der Waals surface area contributed by atoms with Crippen LogP contribution in [0.3, 0.4) is 0 Å². The molecule has 1 aromatic heterocycles. The Balaban J connectivity index is 1.65. The minimum absolute atomic E-state index is 0.0159. The third-order valence-electron chi connectivity index (χ3n) is 4.71. The van der Waals surface area contributed by atoms with Gasteiger partial charge in [0.2, 0.25) is 0 Å². The van der Waals surface area contributed by atoms with Gasteiger partial charge in [0, 0.05) is 44.6 Å². The molecule has 0 saturated carbocycles. The standard InChI is InChI=1S/C20H26N4O3/c1-23-8-10-24(11-9-23)20(25)17-13-16(6-7-21-17)22-14-15-4-5-18(26-2)19(12-15)27-3/h4-7,12-13H,8-11,14H2,1-3H3,(H,21,22). The van der Waals surface area contributed by atoms with E-state index in [0.29, 0.717) is 23.7 Å². The zero-order valence-corrected chi connectivity index (χ0v) is 16.1. The number of hydrogen-bond donors (Lipinski definition) is 1. The number of nitrogens with one attached hydrogen (secondary N) is 1. The monoisotopic (exact) mass is 370 g/mol. The molecule has 1 N–H and O–H groups in total. The van der Waals surface area contributed by atoms with Crippen LogP contribution in [0, 0.1) is 0 Å². The van der Waals surface area contributed by atoms with Crippen LogP contribution >= 0.6 is 0 Å². The van der Waals surface area contributed by atoms with Gasteiger partial charge in [0.05, 0.1) is 14.2 Å². The Bertz CT molecular complexity index is 789. The molecular formula is C20H26N4O3. The molecule has 2 aromatic rings. The van der Waals surface area contributed by atoms with E-state index < -0.39 is 0 Å². The first kappa shape index (κ1) is 19.0. The summed E-state index contributed by atoms with van der Waals surface area (Å²) >= 11 is 0. The maximum absolute atomic E-state index is 12.7. The molecule has 27 heavy (non-hydrogen) atoms. The summed E-state index contributed by atoms with van der Waals surface area (Å²) in [6, 6.07) is 9.46. The number of hydrogen-bond acceptors (Lipinski definition) is 6. The normalized spacial score (nSPS) is 14.7. The summed E-state index contributed by atoms with van der Waals surface area (Å²) in [5.74, 6) is 1.38. The van der Waals surface area contributed by atoms with Crippen molar-refractivity contribution < 1.29 is 14.3 Å². The number of benzene rings is 1. The van der Waals surface area contributed by atoms with Crippen LogP contribution in [0.4, 0.5) is 5.69 Å². The molecule has 0 radical (unpaired) electrons. The molecule has 1 saturated heterocycles. The van der Waals surface area contributed by atoms with Gasteiger partial charge in [-0.1, -0.05) is 6.07 Å². The number of methoxy groups -OCH3 is 2. The lowest BCUT2D eigenvalue weighted by Crippen LogP contribution is -2.47. The number of ether oxygens (including phenoxy) is 2. The van der Waals surface area contributed by atoms with Gasteiger partial charge in [-0.15, -0.1) is 0 Å². The van der Waals surface area contributed by atoms with Crippen molar-refractivity contribution in [2.45, 2.75) is 6.54 Å². The van der Waals surface area contributed by atoms with E-state index in [1.54, 1.807) is 26.5 Å². The van der Waals surface area contributed by atoms with E-state index in [9.17, 15) is 4.79 Å². The molecule has 2 heterocycles. The molecule has 1 fully saturated rings. The van der Waals surface area contributed by atoms with E-state index >= 15 is 0 Å². The molecule has 1 aliphatic heterocycles. The Hall–Kier alpha value is -2.80.